The highest BCUT2D eigenvalue weighted by Crippen LogP contribution is 2.40. The first-order valence-corrected chi connectivity index (χ1v) is 11.8. The molecular formula is C27H23ClN4O5. The maximum atomic E-state index is 13.1. The first-order valence-electron chi connectivity index (χ1n) is 11.4. The molecule has 1 aliphatic carbocycles. The lowest BCUT2D eigenvalue weighted by Crippen LogP contribution is -2.16. The highest BCUT2D eigenvalue weighted by molar-refractivity contribution is 6.36. The zero-order valence-corrected chi connectivity index (χ0v) is 20.8. The van der Waals surface area contributed by atoms with Crippen LogP contribution in [-0.2, 0) is 12.8 Å². The van der Waals surface area contributed by atoms with E-state index in [4.69, 9.17) is 26.8 Å². The van der Waals surface area contributed by atoms with Gasteiger partial charge >= 0.3 is 0 Å². The molecule has 0 spiro atoms. The molecule has 4 N–H and O–H groups in total. The van der Waals surface area contributed by atoms with Crippen LogP contribution >= 0.6 is 11.6 Å². The number of aromatic nitrogens is 2. The van der Waals surface area contributed by atoms with Crippen LogP contribution < -0.4 is 20.5 Å². The lowest BCUT2D eigenvalue weighted by Gasteiger charge is -2.20. The maximum Gasteiger partial charge on any atom is 0.269 e. The molecule has 1 heterocycles. The molecule has 4 aromatic rings. The van der Waals surface area contributed by atoms with Crippen molar-refractivity contribution >= 4 is 29.1 Å². The third kappa shape index (κ3) is 4.23. The highest BCUT2D eigenvalue weighted by atomic mass is 35.5. The number of rotatable bonds is 6. The number of aromatic hydroxyl groups is 1. The van der Waals surface area contributed by atoms with Crippen molar-refractivity contribution in [3.8, 4) is 34.2 Å². The van der Waals surface area contributed by atoms with Crippen LogP contribution in [0.25, 0.3) is 16.9 Å². The number of carbonyl (C=O) groups excluding carboxylic acids is 2. The number of hydrogen-bond acceptors (Lipinski definition) is 6. The van der Waals surface area contributed by atoms with Gasteiger partial charge in [0.25, 0.3) is 11.8 Å². The van der Waals surface area contributed by atoms with Crippen LogP contribution in [0.15, 0.2) is 54.6 Å². The molecule has 2 amide bonds. The molecule has 1 aliphatic rings. The number of phenolic OH excluding ortho intramolecular Hbond substituents is 1. The molecule has 37 heavy (non-hydrogen) atoms. The Labute approximate surface area is 217 Å². The van der Waals surface area contributed by atoms with Crippen molar-refractivity contribution in [2.75, 3.05) is 19.5 Å². The molecule has 0 unspecified atom stereocenters. The van der Waals surface area contributed by atoms with Crippen LogP contribution in [0.3, 0.4) is 0 Å². The van der Waals surface area contributed by atoms with Crippen molar-refractivity contribution in [2.45, 2.75) is 12.8 Å². The minimum absolute atomic E-state index is 0.0613. The van der Waals surface area contributed by atoms with Crippen molar-refractivity contribution in [2.24, 2.45) is 5.73 Å². The Balaban J connectivity index is 1.57. The third-order valence-electron chi connectivity index (χ3n) is 6.29. The van der Waals surface area contributed by atoms with Gasteiger partial charge in [-0.3, -0.25) is 9.59 Å². The Kier molecular flexibility index (Phi) is 6.22. The van der Waals surface area contributed by atoms with E-state index in [0.717, 1.165) is 16.7 Å². The van der Waals surface area contributed by atoms with E-state index in [0.29, 0.717) is 35.7 Å². The van der Waals surface area contributed by atoms with E-state index in [9.17, 15) is 14.7 Å². The fourth-order valence-corrected chi connectivity index (χ4v) is 4.91. The number of carbonyl (C=O) groups is 2. The smallest absolute Gasteiger partial charge is 0.269 e. The zero-order chi connectivity index (χ0) is 26.3. The summed E-state index contributed by atoms with van der Waals surface area (Å²) >= 11 is 6.43. The normalized spacial score (nSPS) is 11.9. The van der Waals surface area contributed by atoms with Crippen LogP contribution in [0, 0.1) is 0 Å². The summed E-state index contributed by atoms with van der Waals surface area (Å²) < 4.78 is 12.1. The van der Waals surface area contributed by atoms with Crippen LogP contribution in [0.4, 0.5) is 5.69 Å². The Morgan fingerprint density at radius 2 is 1.89 bits per heavy atom. The van der Waals surface area contributed by atoms with E-state index in [1.165, 1.54) is 14.2 Å². The average molecular weight is 519 g/mol. The molecule has 10 heteroatoms. The zero-order valence-electron chi connectivity index (χ0n) is 20.0. The Bertz CT molecular complexity index is 1560. The van der Waals surface area contributed by atoms with Gasteiger partial charge in [-0.25, -0.2) is 4.68 Å². The number of primary amides is 1. The number of anilines is 1. The molecule has 9 nitrogen and oxygen atoms in total. The quantitative estimate of drug-likeness (QED) is 0.348. The first kappa shape index (κ1) is 24.2. The molecule has 0 fully saturated rings. The Morgan fingerprint density at radius 1 is 1.08 bits per heavy atom. The number of phenols is 1. The number of hydrogen-bond donors (Lipinski definition) is 3. The second-order valence-electron chi connectivity index (χ2n) is 8.46. The number of ether oxygens (including phenoxy) is 2. The number of aryl methyl sites for hydroxylation is 1. The molecule has 0 saturated carbocycles. The number of benzene rings is 3. The Morgan fingerprint density at radius 3 is 2.59 bits per heavy atom. The van der Waals surface area contributed by atoms with Crippen LogP contribution in [-0.4, -0.2) is 40.9 Å². The number of fused-ring (bicyclic) bond motifs is 3. The van der Waals surface area contributed by atoms with E-state index in [1.54, 1.807) is 47.1 Å². The summed E-state index contributed by atoms with van der Waals surface area (Å²) in [4.78, 5) is 25.3. The van der Waals surface area contributed by atoms with E-state index < -0.39 is 11.8 Å². The number of methoxy groups -OCH3 is 2. The van der Waals surface area contributed by atoms with Gasteiger partial charge in [0, 0.05) is 22.9 Å². The van der Waals surface area contributed by atoms with Gasteiger partial charge in [-0.05, 0) is 54.8 Å². The Hall–Kier alpha value is -4.50. The summed E-state index contributed by atoms with van der Waals surface area (Å²) in [6.07, 6.45) is 1.25. The van der Waals surface area contributed by atoms with E-state index in [-0.39, 0.29) is 27.8 Å². The summed E-state index contributed by atoms with van der Waals surface area (Å²) in [6, 6.07) is 15.3. The molecule has 0 radical (unpaired) electrons. The molecule has 1 aromatic heterocycles. The summed E-state index contributed by atoms with van der Waals surface area (Å²) in [5.74, 6) is -0.324. The molecule has 0 saturated heterocycles. The first-order chi connectivity index (χ1) is 17.8. The van der Waals surface area contributed by atoms with Gasteiger partial charge in [0.05, 0.1) is 36.2 Å². The number of nitrogens with two attached hydrogens (primary N) is 1. The van der Waals surface area contributed by atoms with E-state index in [1.807, 2.05) is 12.1 Å². The van der Waals surface area contributed by atoms with Gasteiger partial charge in [0.15, 0.2) is 17.2 Å². The van der Waals surface area contributed by atoms with Crippen molar-refractivity contribution in [1.29, 1.82) is 0 Å². The molecular weight excluding hydrogens is 496 g/mol. The van der Waals surface area contributed by atoms with Gasteiger partial charge in [-0.2, -0.15) is 5.10 Å². The van der Waals surface area contributed by atoms with Crippen LogP contribution in [0.1, 0.15) is 32.0 Å². The summed E-state index contributed by atoms with van der Waals surface area (Å²) in [6.45, 7) is 0. The number of halogens is 1. The second-order valence-corrected chi connectivity index (χ2v) is 8.84. The lowest BCUT2D eigenvalue weighted by molar-refractivity contribution is 0.0992. The third-order valence-corrected chi connectivity index (χ3v) is 6.66. The SMILES string of the molecule is COc1ccc(C(=O)Nc2ccc3c(c2)-c2c(c(C(N)=O)nn2-c2cccc(O)c2)CC3)c(Cl)c1OC. The van der Waals surface area contributed by atoms with Crippen molar-refractivity contribution < 1.29 is 24.2 Å². The number of amides is 2. The summed E-state index contributed by atoms with van der Waals surface area (Å²) in [5.41, 5.74) is 10.3. The predicted octanol–water partition coefficient (Wildman–Crippen LogP) is 4.37. The summed E-state index contributed by atoms with van der Waals surface area (Å²) in [7, 11) is 2.93. The van der Waals surface area contributed by atoms with Gasteiger partial charge in [0.1, 0.15) is 5.75 Å². The van der Waals surface area contributed by atoms with Gasteiger partial charge in [-0.15, -0.1) is 0 Å². The molecule has 3 aromatic carbocycles. The van der Waals surface area contributed by atoms with E-state index >= 15 is 0 Å². The topological polar surface area (TPSA) is 129 Å². The minimum Gasteiger partial charge on any atom is -0.508 e. The van der Waals surface area contributed by atoms with Crippen molar-refractivity contribution in [1.82, 2.24) is 9.78 Å². The largest absolute Gasteiger partial charge is 0.508 e. The molecule has 0 atom stereocenters. The minimum atomic E-state index is -0.633. The van der Waals surface area contributed by atoms with Gasteiger partial charge in [0.2, 0.25) is 0 Å². The lowest BCUT2D eigenvalue weighted by atomic mass is 9.88. The van der Waals surface area contributed by atoms with Crippen molar-refractivity contribution in [3.63, 3.8) is 0 Å². The fraction of sp³-hybridized carbons (Fsp3) is 0.148. The average Bonchev–Trinajstić information content (AvgIpc) is 3.29. The molecule has 5 rings (SSSR count). The standard InChI is InChI=1S/C27H23ClN4O5/c1-36-21-11-10-18(22(28)25(21)37-2)27(35)30-15-8-6-14-7-9-19-23(26(29)34)31-32(24(19)20(14)12-15)16-4-3-5-17(33)13-16/h3-6,8,10-13,33H,7,9H2,1-2H3,(H2,29,34)(H,30,35). The highest BCUT2D eigenvalue weighted by Gasteiger charge is 2.29. The second kappa shape index (κ2) is 9.51. The van der Waals surface area contributed by atoms with Crippen LogP contribution in [0.5, 0.6) is 17.2 Å². The van der Waals surface area contributed by atoms with Gasteiger partial charge in [-0.1, -0.05) is 23.7 Å². The molecule has 188 valence electrons. The summed E-state index contributed by atoms with van der Waals surface area (Å²) in [5, 5.41) is 17.5. The number of nitrogens with zero attached hydrogens (tertiary/aromatic N) is 2. The van der Waals surface area contributed by atoms with Gasteiger partial charge < -0.3 is 25.6 Å². The monoisotopic (exact) mass is 518 g/mol. The molecule has 0 aliphatic heterocycles. The van der Waals surface area contributed by atoms with Crippen LogP contribution in [0.2, 0.25) is 5.02 Å². The van der Waals surface area contributed by atoms with E-state index in [2.05, 4.69) is 10.4 Å². The maximum absolute atomic E-state index is 13.1. The number of nitrogens with one attached hydrogen (secondary N) is 1. The fourth-order valence-electron chi connectivity index (χ4n) is 4.59. The predicted molar refractivity (Wildman–Crippen MR) is 139 cm³/mol. The van der Waals surface area contributed by atoms with Crippen molar-refractivity contribution in [3.05, 3.63) is 82.0 Å². The molecule has 0 bridgehead atoms.